The van der Waals surface area contributed by atoms with Crippen LogP contribution < -0.4 is 16.4 Å². The van der Waals surface area contributed by atoms with Gasteiger partial charge in [0.05, 0.1) is 5.56 Å². The number of rotatable bonds is 4. The van der Waals surface area contributed by atoms with Gasteiger partial charge >= 0.3 is 0 Å². The van der Waals surface area contributed by atoms with Crippen molar-refractivity contribution in [1.82, 2.24) is 10.6 Å². The maximum absolute atomic E-state index is 11.6. The van der Waals surface area contributed by atoms with Gasteiger partial charge in [-0.2, -0.15) is 0 Å². The summed E-state index contributed by atoms with van der Waals surface area (Å²) in [5.74, 6) is -0.350. The summed E-state index contributed by atoms with van der Waals surface area (Å²) in [4.78, 5) is 22.2. The molecule has 6 heteroatoms. The molecule has 0 saturated heterocycles. The fourth-order valence-electron chi connectivity index (χ4n) is 1.21. The lowest BCUT2D eigenvalue weighted by molar-refractivity contribution is -0.118. The van der Waals surface area contributed by atoms with Crippen LogP contribution in [-0.2, 0) is 4.79 Å². The highest BCUT2D eigenvalue weighted by molar-refractivity contribution is 5.99. The number of nitrogens with one attached hydrogen (secondary N) is 2. The second-order valence-electron chi connectivity index (χ2n) is 3.33. The van der Waals surface area contributed by atoms with Crippen molar-refractivity contribution in [2.24, 2.45) is 0 Å². The van der Waals surface area contributed by atoms with Crippen LogP contribution in [0.4, 0.5) is 5.69 Å². The van der Waals surface area contributed by atoms with E-state index >= 15 is 0 Å². The third-order valence-corrected chi connectivity index (χ3v) is 1.99. The maximum Gasteiger partial charge on any atom is 0.253 e. The number of anilines is 1. The molecule has 0 aliphatic carbocycles. The normalized spacial score (nSPS) is 9.00. The first-order valence-corrected chi connectivity index (χ1v) is 4.98. The van der Waals surface area contributed by atoms with Crippen LogP contribution in [0.2, 0.25) is 0 Å². The summed E-state index contributed by atoms with van der Waals surface area (Å²) in [5, 5.41) is 5.24. The maximum atomic E-state index is 11.6. The highest BCUT2D eigenvalue weighted by atomic mass is 35.5. The van der Waals surface area contributed by atoms with Crippen LogP contribution in [0.5, 0.6) is 0 Å². The van der Waals surface area contributed by atoms with Crippen LogP contribution >= 0.6 is 12.4 Å². The second-order valence-corrected chi connectivity index (χ2v) is 3.33. The number of carbonyl (C=O) groups excluding carboxylic acids is 2. The predicted octanol–water partition coefficient (Wildman–Crippen LogP) is 0.556. The van der Waals surface area contributed by atoms with Gasteiger partial charge < -0.3 is 16.4 Å². The monoisotopic (exact) mass is 257 g/mol. The Balaban J connectivity index is 0.00000256. The van der Waals surface area contributed by atoms with E-state index in [-0.39, 0.29) is 24.2 Å². The number of hydrogen-bond donors (Lipinski definition) is 3. The molecule has 5 nitrogen and oxygen atoms in total. The number of nitrogen functional groups attached to an aromatic ring is 1. The molecule has 0 atom stereocenters. The highest BCUT2D eigenvalue weighted by Crippen LogP contribution is 2.09. The van der Waals surface area contributed by atoms with Gasteiger partial charge in [-0.15, -0.1) is 12.4 Å². The molecule has 94 valence electrons. The van der Waals surface area contributed by atoms with E-state index in [1.807, 2.05) is 0 Å². The molecular weight excluding hydrogens is 242 g/mol. The molecule has 1 aromatic carbocycles. The average molecular weight is 258 g/mol. The van der Waals surface area contributed by atoms with Crippen LogP contribution in [0.3, 0.4) is 0 Å². The zero-order valence-electron chi connectivity index (χ0n) is 9.53. The third kappa shape index (κ3) is 5.21. The summed E-state index contributed by atoms with van der Waals surface area (Å²) in [6.07, 6.45) is 0. The molecule has 4 N–H and O–H groups in total. The molecule has 0 saturated carbocycles. The Bertz CT molecular complexity index is 396. The molecule has 2 amide bonds. The Morgan fingerprint density at radius 1 is 1.18 bits per heavy atom. The molecule has 0 unspecified atom stereocenters. The molecule has 0 radical (unpaired) electrons. The van der Waals surface area contributed by atoms with Gasteiger partial charge in [-0.3, -0.25) is 9.59 Å². The molecule has 0 heterocycles. The van der Waals surface area contributed by atoms with Gasteiger partial charge in [-0.25, -0.2) is 0 Å². The number of hydrogen-bond acceptors (Lipinski definition) is 3. The predicted molar refractivity (Wildman–Crippen MR) is 69.1 cm³/mol. The van der Waals surface area contributed by atoms with Crippen LogP contribution in [-0.4, -0.2) is 24.9 Å². The summed E-state index contributed by atoms with van der Waals surface area (Å²) in [5.41, 5.74) is 6.54. The van der Waals surface area contributed by atoms with E-state index in [9.17, 15) is 9.59 Å². The van der Waals surface area contributed by atoms with Crippen molar-refractivity contribution in [2.75, 3.05) is 18.8 Å². The van der Waals surface area contributed by atoms with E-state index in [1.54, 1.807) is 24.3 Å². The Labute approximate surface area is 106 Å². The smallest absolute Gasteiger partial charge is 0.253 e. The Morgan fingerprint density at radius 3 is 2.35 bits per heavy atom. The van der Waals surface area contributed by atoms with Crippen molar-refractivity contribution in [2.45, 2.75) is 6.92 Å². The quantitative estimate of drug-likeness (QED) is 0.544. The van der Waals surface area contributed by atoms with E-state index in [1.165, 1.54) is 6.92 Å². The van der Waals surface area contributed by atoms with Gasteiger partial charge in [0.2, 0.25) is 5.91 Å². The standard InChI is InChI=1S/C11H15N3O2.ClH/c1-8(15)13-6-7-14-11(16)9-4-2-3-5-10(9)12;/h2-5H,6-7,12H2,1H3,(H,13,15)(H,14,16);1H. The van der Waals surface area contributed by atoms with Gasteiger partial charge in [0.25, 0.3) is 5.91 Å². The van der Waals surface area contributed by atoms with E-state index in [0.717, 1.165) is 0 Å². The Morgan fingerprint density at radius 2 is 1.76 bits per heavy atom. The Kier molecular flexibility index (Phi) is 6.74. The first-order valence-electron chi connectivity index (χ1n) is 4.98. The fraction of sp³-hybridized carbons (Fsp3) is 0.273. The van der Waals surface area contributed by atoms with Crippen molar-refractivity contribution < 1.29 is 9.59 Å². The molecule has 0 bridgehead atoms. The molecule has 17 heavy (non-hydrogen) atoms. The van der Waals surface area contributed by atoms with E-state index in [0.29, 0.717) is 24.3 Å². The van der Waals surface area contributed by atoms with Gasteiger partial charge in [0.1, 0.15) is 0 Å². The number of carbonyl (C=O) groups is 2. The van der Waals surface area contributed by atoms with Crippen molar-refractivity contribution in [3.63, 3.8) is 0 Å². The minimum absolute atomic E-state index is 0. The number of nitrogens with two attached hydrogens (primary N) is 1. The molecule has 0 aromatic heterocycles. The van der Waals surface area contributed by atoms with Crippen LogP contribution in [0.15, 0.2) is 24.3 Å². The summed E-state index contributed by atoms with van der Waals surface area (Å²) in [6, 6.07) is 6.84. The SMILES string of the molecule is CC(=O)NCCNC(=O)c1ccccc1N.Cl. The minimum atomic E-state index is -0.233. The molecule has 1 aromatic rings. The summed E-state index contributed by atoms with van der Waals surface area (Å²) >= 11 is 0. The van der Waals surface area contributed by atoms with Crippen LogP contribution in [0.1, 0.15) is 17.3 Å². The molecule has 0 spiro atoms. The summed E-state index contributed by atoms with van der Waals surface area (Å²) in [6.45, 7) is 2.22. The lowest BCUT2D eigenvalue weighted by Crippen LogP contribution is -2.33. The fourth-order valence-corrected chi connectivity index (χ4v) is 1.21. The van der Waals surface area contributed by atoms with Gasteiger partial charge in [-0.05, 0) is 12.1 Å². The topological polar surface area (TPSA) is 84.2 Å². The summed E-state index contributed by atoms with van der Waals surface area (Å²) < 4.78 is 0. The lowest BCUT2D eigenvalue weighted by Gasteiger charge is -2.07. The van der Waals surface area contributed by atoms with Crippen molar-refractivity contribution in [3.05, 3.63) is 29.8 Å². The highest BCUT2D eigenvalue weighted by Gasteiger charge is 2.07. The zero-order chi connectivity index (χ0) is 12.0. The Hall–Kier alpha value is -1.75. The lowest BCUT2D eigenvalue weighted by atomic mass is 10.2. The van der Waals surface area contributed by atoms with Gasteiger partial charge in [0, 0.05) is 25.7 Å². The minimum Gasteiger partial charge on any atom is -0.398 e. The average Bonchev–Trinajstić information content (AvgIpc) is 2.24. The van der Waals surface area contributed by atoms with Gasteiger partial charge in [-0.1, -0.05) is 12.1 Å². The largest absolute Gasteiger partial charge is 0.398 e. The summed E-state index contributed by atoms with van der Waals surface area (Å²) in [7, 11) is 0. The second kappa shape index (κ2) is 7.51. The van der Waals surface area contributed by atoms with Crippen LogP contribution in [0, 0.1) is 0 Å². The number of amides is 2. The van der Waals surface area contributed by atoms with E-state index < -0.39 is 0 Å². The molecular formula is C11H16ClN3O2. The number of halogens is 1. The van der Waals surface area contributed by atoms with E-state index in [4.69, 9.17) is 5.73 Å². The van der Waals surface area contributed by atoms with Gasteiger partial charge in [0.15, 0.2) is 0 Å². The first kappa shape index (κ1) is 15.2. The number of benzene rings is 1. The van der Waals surface area contributed by atoms with Crippen molar-refractivity contribution in [3.8, 4) is 0 Å². The zero-order valence-corrected chi connectivity index (χ0v) is 10.3. The number of para-hydroxylation sites is 1. The van der Waals surface area contributed by atoms with Crippen molar-refractivity contribution in [1.29, 1.82) is 0 Å². The molecule has 1 rings (SSSR count). The van der Waals surface area contributed by atoms with E-state index in [2.05, 4.69) is 10.6 Å². The molecule has 0 aliphatic rings. The first-order chi connectivity index (χ1) is 7.61. The molecule has 0 aliphatic heterocycles. The molecule has 0 fully saturated rings. The van der Waals surface area contributed by atoms with Crippen LogP contribution in [0.25, 0.3) is 0 Å². The van der Waals surface area contributed by atoms with Crippen molar-refractivity contribution >= 4 is 29.9 Å². The third-order valence-electron chi connectivity index (χ3n) is 1.99.